The molecule has 2 aliphatic carbocycles. The molecule has 5 nitrogen and oxygen atoms in total. The van der Waals surface area contributed by atoms with Gasteiger partial charge in [0.15, 0.2) is 5.13 Å². The molecule has 0 aromatic carbocycles. The third kappa shape index (κ3) is 1.93. The Bertz CT molecular complexity index is 475. The Balaban J connectivity index is 1.63. The molecular weight excluding hydrogens is 240 g/mol. The highest BCUT2D eigenvalue weighted by Gasteiger charge is 2.48. The van der Waals surface area contributed by atoms with Crippen molar-refractivity contribution in [3.8, 4) is 0 Å². The van der Waals surface area contributed by atoms with Crippen LogP contribution in [0.4, 0.5) is 5.13 Å². The number of hydrogen-bond donors (Lipinski definition) is 2. The second-order valence-corrected chi connectivity index (χ2v) is 5.60. The molecule has 1 heterocycles. The number of carbonyl (C=O) groups excluding carboxylic acids is 1. The molecule has 0 unspecified atom stereocenters. The number of fused-ring (bicyclic) bond motifs is 1. The van der Waals surface area contributed by atoms with Crippen LogP contribution in [0, 0.1) is 11.8 Å². The number of rotatable bonds is 3. The van der Waals surface area contributed by atoms with E-state index in [1.165, 1.54) is 16.2 Å². The predicted octanol–water partition coefficient (Wildman–Crippen LogP) is 1.29. The lowest BCUT2D eigenvalue weighted by Crippen LogP contribution is -2.16. The van der Waals surface area contributed by atoms with Crippen molar-refractivity contribution in [1.29, 1.82) is 0 Å². The maximum atomic E-state index is 11.7. The number of nitrogens with zero attached hydrogens (tertiary/aromatic N) is 1. The molecule has 1 fully saturated rings. The Kier molecular flexibility index (Phi) is 2.39. The molecule has 6 heteroatoms. The Labute approximate surface area is 102 Å². The number of anilines is 1. The number of carboxylic acids is 1. The van der Waals surface area contributed by atoms with E-state index in [1.54, 1.807) is 0 Å². The highest BCUT2D eigenvalue weighted by atomic mass is 32.1. The van der Waals surface area contributed by atoms with Crippen LogP contribution in [0.15, 0.2) is 0 Å². The van der Waals surface area contributed by atoms with Crippen LogP contribution in [0.2, 0.25) is 0 Å². The molecule has 90 valence electrons. The van der Waals surface area contributed by atoms with Crippen molar-refractivity contribution >= 4 is 28.3 Å². The summed E-state index contributed by atoms with van der Waals surface area (Å²) < 4.78 is 0. The number of thiazole rings is 1. The van der Waals surface area contributed by atoms with Crippen LogP contribution in [0.5, 0.6) is 0 Å². The second kappa shape index (κ2) is 3.80. The van der Waals surface area contributed by atoms with Crippen LogP contribution in [0.25, 0.3) is 0 Å². The first-order valence-corrected chi connectivity index (χ1v) is 6.49. The lowest BCUT2D eigenvalue weighted by atomic mass is 10.3. The van der Waals surface area contributed by atoms with E-state index < -0.39 is 11.9 Å². The van der Waals surface area contributed by atoms with Gasteiger partial charge in [-0.25, -0.2) is 4.98 Å². The number of carbonyl (C=O) groups is 2. The van der Waals surface area contributed by atoms with Crippen LogP contribution in [0.1, 0.15) is 23.4 Å². The maximum absolute atomic E-state index is 11.7. The van der Waals surface area contributed by atoms with Crippen molar-refractivity contribution in [2.75, 3.05) is 5.32 Å². The lowest BCUT2D eigenvalue weighted by molar-refractivity contribution is -0.139. The van der Waals surface area contributed by atoms with E-state index in [0.29, 0.717) is 11.6 Å². The van der Waals surface area contributed by atoms with Crippen molar-refractivity contribution in [2.24, 2.45) is 11.8 Å². The van der Waals surface area contributed by atoms with Crippen LogP contribution in [-0.4, -0.2) is 22.0 Å². The van der Waals surface area contributed by atoms with Gasteiger partial charge in [0, 0.05) is 4.88 Å². The molecule has 1 aromatic heterocycles. The first-order chi connectivity index (χ1) is 8.15. The minimum atomic E-state index is -0.883. The molecular formula is C11H12N2O3S. The quantitative estimate of drug-likeness (QED) is 0.849. The zero-order chi connectivity index (χ0) is 12.0. The van der Waals surface area contributed by atoms with Gasteiger partial charge < -0.3 is 10.4 Å². The highest BCUT2D eigenvalue weighted by Crippen LogP contribution is 2.40. The van der Waals surface area contributed by atoms with Gasteiger partial charge in [-0.3, -0.25) is 9.59 Å². The van der Waals surface area contributed by atoms with Crippen LogP contribution >= 0.6 is 11.3 Å². The van der Waals surface area contributed by atoms with Crippen LogP contribution in [-0.2, 0) is 22.4 Å². The molecule has 17 heavy (non-hydrogen) atoms. The average Bonchev–Trinajstić information content (AvgIpc) is 2.83. The monoisotopic (exact) mass is 252 g/mol. The standard InChI is InChI=1S/C11H12N2O3S/c14-9(5-4-6(5)10(15)16)13-11-12-7-2-1-3-8(7)17-11/h5-6H,1-4H2,(H,15,16)(H,12,13,14)/t5-,6+/m1/s1. The lowest BCUT2D eigenvalue weighted by Gasteiger charge is -1.99. The first kappa shape index (κ1) is 10.7. The first-order valence-electron chi connectivity index (χ1n) is 5.67. The van der Waals surface area contributed by atoms with Gasteiger partial charge in [0.25, 0.3) is 0 Å². The summed E-state index contributed by atoms with van der Waals surface area (Å²) in [7, 11) is 0. The zero-order valence-electron chi connectivity index (χ0n) is 9.10. The van der Waals surface area contributed by atoms with E-state index in [1.807, 2.05) is 0 Å². The summed E-state index contributed by atoms with van der Waals surface area (Å²) in [5, 5.41) is 12.1. The van der Waals surface area contributed by atoms with E-state index in [9.17, 15) is 9.59 Å². The van der Waals surface area contributed by atoms with E-state index in [0.717, 1.165) is 25.0 Å². The zero-order valence-corrected chi connectivity index (χ0v) is 9.92. The van der Waals surface area contributed by atoms with Gasteiger partial charge in [0.05, 0.1) is 17.5 Å². The minimum absolute atomic E-state index is 0.204. The smallest absolute Gasteiger partial charge is 0.307 e. The van der Waals surface area contributed by atoms with Gasteiger partial charge in [0.2, 0.25) is 5.91 Å². The Morgan fingerprint density at radius 2 is 2.18 bits per heavy atom. The number of aliphatic carboxylic acids is 1. The number of aromatic nitrogens is 1. The molecule has 2 aliphatic rings. The molecule has 2 atom stereocenters. The van der Waals surface area contributed by atoms with Crippen molar-refractivity contribution in [3.63, 3.8) is 0 Å². The van der Waals surface area contributed by atoms with Crippen molar-refractivity contribution in [1.82, 2.24) is 4.98 Å². The fourth-order valence-electron chi connectivity index (χ4n) is 2.20. The van der Waals surface area contributed by atoms with E-state index in [-0.39, 0.29) is 11.8 Å². The number of carboxylic acid groups (broad SMARTS) is 1. The maximum Gasteiger partial charge on any atom is 0.307 e. The third-order valence-electron chi connectivity index (χ3n) is 3.27. The van der Waals surface area contributed by atoms with Crippen molar-refractivity contribution in [2.45, 2.75) is 25.7 Å². The third-order valence-corrected chi connectivity index (χ3v) is 4.34. The van der Waals surface area contributed by atoms with Gasteiger partial charge in [-0.1, -0.05) is 0 Å². The van der Waals surface area contributed by atoms with Gasteiger partial charge in [-0.15, -0.1) is 11.3 Å². The summed E-state index contributed by atoms with van der Waals surface area (Å²) in [6.07, 6.45) is 3.63. The fraction of sp³-hybridized carbons (Fsp3) is 0.545. The molecule has 0 radical (unpaired) electrons. The molecule has 0 aliphatic heterocycles. The summed E-state index contributed by atoms with van der Waals surface area (Å²) >= 11 is 1.51. The number of amides is 1. The molecule has 1 saturated carbocycles. The summed E-state index contributed by atoms with van der Waals surface area (Å²) in [6.45, 7) is 0. The topological polar surface area (TPSA) is 79.3 Å². The SMILES string of the molecule is O=C(O)[C@H]1C[C@H]1C(=O)Nc1nc2c(s1)CCC2. The van der Waals surface area contributed by atoms with Gasteiger partial charge in [0.1, 0.15) is 0 Å². The van der Waals surface area contributed by atoms with E-state index in [4.69, 9.17) is 5.11 Å². The number of nitrogens with one attached hydrogen (secondary N) is 1. The van der Waals surface area contributed by atoms with Gasteiger partial charge in [-0.2, -0.15) is 0 Å². The average molecular weight is 252 g/mol. The predicted molar refractivity (Wildman–Crippen MR) is 62.0 cm³/mol. The van der Waals surface area contributed by atoms with Gasteiger partial charge in [-0.05, 0) is 25.7 Å². The summed E-state index contributed by atoms with van der Waals surface area (Å²) in [4.78, 5) is 28.0. The molecule has 1 aromatic rings. The highest BCUT2D eigenvalue weighted by molar-refractivity contribution is 7.15. The Morgan fingerprint density at radius 1 is 1.35 bits per heavy atom. The number of hydrogen-bond acceptors (Lipinski definition) is 4. The summed E-state index contributed by atoms with van der Waals surface area (Å²) in [5.41, 5.74) is 1.09. The summed E-state index contributed by atoms with van der Waals surface area (Å²) in [6, 6.07) is 0. The van der Waals surface area contributed by atoms with E-state index >= 15 is 0 Å². The second-order valence-electron chi connectivity index (χ2n) is 4.52. The molecule has 0 bridgehead atoms. The molecule has 0 saturated heterocycles. The Morgan fingerprint density at radius 3 is 2.82 bits per heavy atom. The molecule has 1 amide bonds. The van der Waals surface area contributed by atoms with Gasteiger partial charge >= 0.3 is 5.97 Å². The Hall–Kier alpha value is -1.43. The van der Waals surface area contributed by atoms with Crippen molar-refractivity contribution < 1.29 is 14.7 Å². The van der Waals surface area contributed by atoms with Crippen molar-refractivity contribution in [3.05, 3.63) is 10.6 Å². The molecule has 2 N–H and O–H groups in total. The largest absolute Gasteiger partial charge is 0.481 e. The molecule has 3 rings (SSSR count). The fourth-order valence-corrected chi connectivity index (χ4v) is 3.25. The molecule has 0 spiro atoms. The number of aryl methyl sites for hydroxylation is 2. The minimum Gasteiger partial charge on any atom is -0.481 e. The van der Waals surface area contributed by atoms with Crippen LogP contribution in [0.3, 0.4) is 0 Å². The van der Waals surface area contributed by atoms with E-state index in [2.05, 4.69) is 10.3 Å². The normalized spacial score (nSPS) is 25.4. The van der Waals surface area contributed by atoms with Crippen LogP contribution < -0.4 is 5.32 Å². The summed E-state index contributed by atoms with van der Waals surface area (Å²) in [5.74, 6) is -1.95.